The molecule has 0 saturated heterocycles. The normalized spacial score (nSPS) is 14.9. The number of benzene rings is 3. The Bertz CT molecular complexity index is 1030. The van der Waals surface area contributed by atoms with E-state index >= 15 is 0 Å². The van der Waals surface area contributed by atoms with Gasteiger partial charge in [-0.15, -0.1) is 0 Å². The van der Waals surface area contributed by atoms with Gasteiger partial charge in [0.05, 0.1) is 0 Å². The van der Waals surface area contributed by atoms with Crippen LogP contribution in [0.3, 0.4) is 0 Å². The molecule has 0 radical (unpaired) electrons. The molecular weight excluding hydrogens is 444 g/mol. The van der Waals surface area contributed by atoms with Crippen molar-refractivity contribution in [2.24, 2.45) is 11.8 Å². The molecule has 0 heterocycles. The third-order valence-corrected chi connectivity index (χ3v) is 9.75. The highest BCUT2D eigenvalue weighted by molar-refractivity contribution is 7.99. The van der Waals surface area contributed by atoms with Crippen LogP contribution >= 0.6 is 11.8 Å². The van der Waals surface area contributed by atoms with Crippen LogP contribution in [0.5, 0.6) is 5.75 Å². The van der Waals surface area contributed by atoms with Crippen LogP contribution in [0.15, 0.2) is 84.9 Å². The molecule has 0 aromatic heterocycles. The van der Waals surface area contributed by atoms with Gasteiger partial charge in [-0.3, -0.25) is 0 Å². The minimum absolute atomic E-state index is 0.103. The Morgan fingerprint density at radius 1 is 0.714 bits per heavy atom. The number of rotatable bonds is 12. The minimum Gasteiger partial charge on any atom is -0.508 e. The summed E-state index contributed by atoms with van der Waals surface area (Å²) >= 11 is 2.02. The number of thioether (sulfide) groups is 1. The Hall–Kier alpha value is -2.19. The smallest absolute Gasteiger partial charge is 0.119 e. The van der Waals surface area contributed by atoms with Crippen LogP contribution < -0.4 is 0 Å². The van der Waals surface area contributed by atoms with Gasteiger partial charge in [-0.05, 0) is 52.7 Å². The average molecular weight is 489 g/mol. The lowest BCUT2D eigenvalue weighted by Crippen LogP contribution is -2.33. The zero-order chi connectivity index (χ0) is 25.5. The van der Waals surface area contributed by atoms with Gasteiger partial charge in [-0.1, -0.05) is 127 Å². The summed E-state index contributed by atoms with van der Waals surface area (Å²) in [7, 11) is 0. The first kappa shape index (κ1) is 27.4. The Labute approximate surface area is 218 Å². The molecule has 3 aromatic rings. The number of hydrogen-bond donors (Lipinski definition) is 1. The van der Waals surface area contributed by atoms with Gasteiger partial charge in [-0.25, -0.2) is 0 Å². The maximum absolute atomic E-state index is 10.4. The zero-order valence-electron chi connectivity index (χ0n) is 22.5. The molecular formula is C33H44OS. The quantitative estimate of drug-likeness (QED) is 0.274. The van der Waals surface area contributed by atoms with E-state index in [-0.39, 0.29) is 10.8 Å². The third-order valence-electron chi connectivity index (χ3n) is 8.41. The van der Waals surface area contributed by atoms with Crippen LogP contribution in [0.4, 0.5) is 0 Å². The summed E-state index contributed by atoms with van der Waals surface area (Å²) in [6.07, 6.45) is 3.49. The lowest BCUT2D eigenvalue weighted by Gasteiger charge is -2.39. The van der Waals surface area contributed by atoms with E-state index in [1.807, 2.05) is 23.9 Å². The van der Waals surface area contributed by atoms with Crippen molar-refractivity contribution >= 4 is 11.8 Å². The van der Waals surface area contributed by atoms with Crippen molar-refractivity contribution in [2.45, 2.75) is 82.6 Å². The Morgan fingerprint density at radius 3 is 1.77 bits per heavy atom. The number of hydrogen-bond acceptors (Lipinski definition) is 2. The Balaban J connectivity index is 1.83. The van der Waals surface area contributed by atoms with E-state index in [2.05, 4.69) is 108 Å². The maximum Gasteiger partial charge on any atom is 0.119 e. The first-order valence-electron chi connectivity index (χ1n) is 13.2. The fourth-order valence-electron chi connectivity index (χ4n) is 5.31. The first-order chi connectivity index (χ1) is 16.7. The van der Waals surface area contributed by atoms with E-state index in [0.29, 0.717) is 22.8 Å². The summed E-state index contributed by atoms with van der Waals surface area (Å²) in [5.74, 6) is 2.37. The number of phenols is 1. The SMILES string of the molecule is CCC(CC(CC(C)C(C)(C)c1ccccc1)SCc1ccccc1O)C(C)(C)c1ccccc1. The molecule has 2 heteroatoms. The fourth-order valence-corrected chi connectivity index (χ4v) is 6.76. The van der Waals surface area contributed by atoms with Crippen LogP contribution in [0.2, 0.25) is 0 Å². The molecule has 3 atom stereocenters. The topological polar surface area (TPSA) is 20.2 Å². The molecule has 188 valence electrons. The molecule has 3 rings (SSSR count). The Kier molecular flexibility index (Phi) is 9.53. The van der Waals surface area contributed by atoms with Crippen molar-refractivity contribution in [3.8, 4) is 5.75 Å². The van der Waals surface area contributed by atoms with Gasteiger partial charge in [0.1, 0.15) is 5.75 Å². The van der Waals surface area contributed by atoms with Crippen molar-refractivity contribution < 1.29 is 5.11 Å². The number of phenolic OH excluding ortho intramolecular Hbond substituents is 1. The highest BCUT2D eigenvalue weighted by Crippen LogP contribution is 2.43. The standard InChI is InChI=1S/C33H44OS/c1-7-27(33(5,6)29-19-12-9-13-20-29)23-30(35-24-26-16-14-15-21-31(26)34)22-25(2)32(3,4)28-17-10-8-11-18-28/h8-21,25,27,30,34H,7,22-24H2,1-6H3. The van der Waals surface area contributed by atoms with Gasteiger partial charge in [0.25, 0.3) is 0 Å². The summed E-state index contributed by atoms with van der Waals surface area (Å²) in [5.41, 5.74) is 4.09. The fraction of sp³-hybridized carbons (Fsp3) is 0.455. The maximum atomic E-state index is 10.4. The van der Waals surface area contributed by atoms with E-state index in [1.54, 1.807) is 6.07 Å². The van der Waals surface area contributed by atoms with E-state index < -0.39 is 0 Å². The van der Waals surface area contributed by atoms with Crippen LogP contribution in [0, 0.1) is 11.8 Å². The summed E-state index contributed by atoms with van der Waals surface area (Å²) in [5, 5.41) is 10.9. The largest absolute Gasteiger partial charge is 0.508 e. The lowest BCUT2D eigenvalue weighted by atomic mass is 9.68. The molecule has 1 nitrogen and oxygen atoms in total. The molecule has 0 spiro atoms. The van der Waals surface area contributed by atoms with E-state index in [1.165, 1.54) is 17.5 Å². The van der Waals surface area contributed by atoms with Crippen LogP contribution in [0.1, 0.15) is 77.5 Å². The van der Waals surface area contributed by atoms with E-state index in [9.17, 15) is 5.11 Å². The van der Waals surface area contributed by atoms with Crippen molar-refractivity contribution in [1.82, 2.24) is 0 Å². The highest BCUT2D eigenvalue weighted by atomic mass is 32.2. The van der Waals surface area contributed by atoms with Gasteiger partial charge >= 0.3 is 0 Å². The van der Waals surface area contributed by atoms with Gasteiger partial charge in [0.15, 0.2) is 0 Å². The summed E-state index contributed by atoms with van der Waals surface area (Å²) < 4.78 is 0. The van der Waals surface area contributed by atoms with Crippen molar-refractivity contribution in [3.63, 3.8) is 0 Å². The molecule has 0 aliphatic rings. The number of para-hydroxylation sites is 1. The van der Waals surface area contributed by atoms with Gasteiger partial charge < -0.3 is 5.11 Å². The molecule has 3 aromatic carbocycles. The second-order valence-electron chi connectivity index (χ2n) is 11.2. The predicted octanol–water partition coefficient (Wildman–Crippen LogP) is 9.39. The van der Waals surface area contributed by atoms with Crippen LogP contribution in [0.25, 0.3) is 0 Å². The Morgan fingerprint density at radius 2 is 1.23 bits per heavy atom. The molecule has 0 bridgehead atoms. The van der Waals surface area contributed by atoms with E-state index in [4.69, 9.17) is 0 Å². The lowest BCUT2D eigenvalue weighted by molar-refractivity contribution is 0.261. The molecule has 0 aliphatic heterocycles. The molecule has 0 amide bonds. The van der Waals surface area contributed by atoms with Crippen LogP contribution in [-0.4, -0.2) is 10.4 Å². The zero-order valence-corrected chi connectivity index (χ0v) is 23.3. The van der Waals surface area contributed by atoms with Gasteiger partial charge in [-0.2, -0.15) is 11.8 Å². The first-order valence-corrected chi connectivity index (χ1v) is 14.2. The molecule has 1 N–H and O–H groups in total. The van der Waals surface area contributed by atoms with Crippen molar-refractivity contribution in [3.05, 3.63) is 102 Å². The molecule has 3 unspecified atom stereocenters. The molecule has 0 saturated carbocycles. The number of aromatic hydroxyl groups is 1. The summed E-state index contributed by atoms with van der Waals surface area (Å²) in [6, 6.07) is 29.8. The third kappa shape index (κ3) is 6.94. The minimum atomic E-state index is 0.103. The van der Waals surface area contributed by atoms with Crippen molar-refractivity contribution in [2.75, 3.05) is 0 Å². The molecule has 0 fully saturated rings. The second kappa shape index (κ2) is 12.2. The predicted molar refractivity (Wildman–Crippen MR) is 154 cm³/mol. The summed E-state index contributed by atoms with van der Waals surface area (Å²) in [6.45, 7) is 14.4. The molecule has 35 heavy (non-hydrogen) atoms. The van der Waals surface area contributed by atoms with Gasteiger partial charge in [0.2, 0.25) is 0 Å². The van der Waals surface area contributed by atoms with E-state index in [0.717, 1.165) is 24.2 Å². The van der Waals surface area contributed by atoms with Crippen molar-refractivity contribution in [1.29, 1.82) is 0 Å². The second-order valence-corrected chi connectivity index (χ2v) is 12.5. The average Bonchev–Trinajstić information content (AvgIpc) is 2.87. The highest BCUT2D eigenvalue weighted by Gasteiger charge is 2.35. The monoisotopic (exact) mass is 488 g/mol. The van der Waals surface area contributed by atoms with Crippen LogP contribution in [-0.2, 0) is 16.6 Å². The van der Waals surface area contributed by atoms with Gasteiger partial charge in [0, 0.05) is 16.6 Å². The molecule has 0 aliphatic carbocycles. The summed E-state index contributed by atoms with van der Waals surface area (Å²) in [4.78, 5) is 0.